The van der Waals surface area contributed by atoms with E-state index in [0.29, 0.717) is 6.54 Å². The highest BCUT2D eigenvalue weighted by atomic mass is 16.3. The van der Waals surface area contributed by atoms with Gasteiger partial charge in [0.1, 0.15) is 0 Å². The minimum Gasteiger partial charge on any atom is -0.390 e. The second-order valence-electron chi connectivity index (χ2n) is 4.70. The van der Waals surface area contributed by atoms with E-state index in [1.165, 1.54) is 19.3 Å². The normalized spacial score (nSPS) is 24.9. The quantitative estimate of drug-likeness (QED) is 0.687. The van der Waals surface area contributed by atoms with Crippen molar-refractivity contribution < 1.29 is 5.11 Å². The molecule has 0 heterocycles. The van der Waals surface area contributed by atoms with Crippen LogP contribution in [0.4, 0.5) is 0 Å². The van der Waals surface area contributed by atoms with Gasteiger partial charge in [0.15, 0.2) is 0 Å². The van der Waals surface area contributed by atoms with Crippen molar-refractivity contribution in [1.29, 1.82) is 0 Å². The highest BCUT2D eigenvalue weighted by Gasteiger charge is 2.34. The zero-order valence-electron chi connectivity index (χ0n) is 8.92. The minimum atomic E-state index is -0.533. The largest absolute Gasteiger partial charge is 0.390 e. The molecule has 1 aliphatic rings. The molecule has 0 aromatic carbocycles. The van der Waals surface area contributed by atoms with Crippen LogP contribution in [0.2, 0.25) is 0 Å². The van der Waals surface area contributed by atoms with Crippen LogP contribution in [-0.4, -0.2) is 17.3 Å². The van der Waals surface area contributed by atoms with Crippen molar-refractivity contribution in [3.05, 3.63) is 0 Å². The molecule has 13 heavy (non-hydrogen) atoms. The maximum absolute atomic E-state index is 10.2. The van der Waals surface area contributed by atoms with E-state index < -0.39 is 5.60 Å². The summed E-state index contributed by atoms with van der Waals surface area (Å²) in [5, 5.41) is 10.2. The lowest BCUT2D eigenvalue weighted by Crippen LogP contribution is -2.41. The average molecular weight is 185 g/mol. The fraction of sp³-hybridized carbons (Fsp3) is 1.00. The molecular formula is C11H23NO. The summed E-state index contributed by atoms with van der Waals surface area (Å²) in [6.45, 7) is 4.66. The first-order chi connectivity index (χ1) is 6.10. The Morgan fingerprint density at radius 2 is 2.15 bits per heavy atom. The van der Waals surface area contributed by atoms with Crippen molar-refractivity contribution in [2.45, 2.75) is 51.6 Å². The van der Waals surface area contributed by atoms with Crippen LogP contribution >= 0.6 is 0 Å². The average Bonchev–Trinajstić information content (AvgIpc) is 1.99. The zero-order valence-corrected chi connectivity index (χ0v) is 8.92. The van der Waals surface area contributed by atoms with Crippen LogP contribution in [0.1, 0.15) is 46.0 Å². The van der Waals surface area contributed by atoms with Crippen LogP contribution < -0.4 is 5.73 Å². The van der Waals surface area contributed by atoms with Crippen LogP contribution in [-0.2, 0) is 0 Å². The molecule has 2 atom stereocenters. The number of hydrogen-bond donors (Lipinski definition) is 2. The fourth-order valence-electron chi connectivity index (χ4n) is 2.31. The number of aliphatic hydroxyl groups is 1. The lowest BCUT2D eigenvalue weighted by atomic mass is 9.73. The molecule has 0 bridgehead atoms. The Bertz CT molecular complexity index is 148. The SMILES string of the molecule is CCC(CN)C(C)(O)CC1CCC1. The summed E-state index contributed by atoms with van der Waals surface area (Å²) in [4.78, 5) is 0. The van der Waals surface area contributed by atoms with Crippen LogP contribution in [0.25, 0.3) is 0 Å². The number of rotatable bonds is 5. The molecular weight excluding hydrogens is 162 g/mol. The van der Waals surface area contributed by atoms with Crippen molar-refractivity contribution in [3.63, 3.8) is 0 Å². The maximum atomic E-state index is 10.2. The fourth-order valence-corrected chi connectivity index (χ4v) is 2.31. The van der Waals surface area contributed by atoms with Gasteiger partial charge in [0.05, 0.1) is 5.60 Å². The van der Waals surface area contributed by atoms with Gasteiger partial charge in [0.25, 0.3) is 0 Å². The van der Waals surface area contributed by atoms with Crippen LogP contribution in [0, 0.1) is 11.8 Å². The standard InChI is InChI=1S/C11H23NO/c1-3-10(8-12)11(2,13)7-9-5-4-6-9/h9-10,13H,3-8,12H2,1-2H3. The van der Waals surface area contributed by atoms with E-state index in [9.17, 15) is 5.11 Å². The van der Waals surface area contributed by atoms with E-state index in [1.54, 1.807) is 0 Å². The van der Waals surface area contributed by atoms with Gasteiger partial charge in [0, 0.05) is 0 Å². The molecule has 0 aromatic rings. The molecule has 0 amide bonds. The molecule has 0 aromatic heterocycles. The molecule has 0 radical (unpaired) electrons. The Morgan fingerprint density at radius 3 is 2.46 bits per heavy atom. The van der Waals surface area contributed by atoms with Gasteiger partial charge in [-0.3, -0.25) is 0 Å². The molecule has 1 aliphatic carbocycles. The van der Waals surface area contributed by atoms with E-state index >= 15 is 0 Å². The molecule has 0 aliphatic heterocycles. The summed E-state index contributed by atoms with van der Waals surface area (Å²) in [6.07, 6.45) is 5.88. The van der Waals surface area contributed by atoms with Crippen molar-refractivity contribution in [2.75, 3.05) is 6.54 Å². The predicted molar refractivity (Wildman–Crippen MR) is 55.4 cm³/mol. The number of hydrogen-bond acceptors (Lipinski definition) is 2. The third-order valence-electron chi connectivity index (χ3n) is 3.58. The first-order valence-electron chi connectivity index (χ1n) is 5.52. The predicted octanol–water partition coefficient (Wildman–Crippen LogP) is 1.91. The van der Waals surface area contributed by atoms with E-state index in [2.05, 4.69) is 6.92 Å². The zero-order chi connectivity index (χ0) is 9.90. The van der Waals surface area contributed by atoms with Crippen molar-refractivity contribution in [1.82, 2.24) is 0 Å². The molecule has 2 heteroatoms. The van der Waals surface area contributed by atoms with Gasteiger partial charge >= 0.3 is 0 Å². The molecule has 2 nitrogen and oxygen atoms in total. The third kappa shape index (κ3) is 2.68. The summed E-state index contributed by atoms with van der Waals surface area (Å²) in [5.74, 6) is 1.03. The monoisotopic (exact) mass is 185 g/mol. The summed E-state index contributed by atoms with van der Waals surface area (Å²) in [6, 6.07) is 0. The van der Waals surface area contributed by atoms with E-state index in [4.69, 9.17) is 5.73 Å². The van der Waals surface area contributed by atoms with Gasteiger partial charge in [0.2, 0.25) is 0 Å². The second-order valence-corrected chi connectivity index (χ2v) is 4.70. The molecule has 78 valence electrons. The Hall–Kier alpha value is -0.0800. The second kappa shape index (κ2) is 4.43. The van der Waals surface area contributed by atoms with E-state index in [-0.39, 0.29) is 5.92 Å². The molecule has 0 spiro atoms. The van der Waals surface area contributed by atoms with Gasteiger partial charge < -0.3 is 10.8 Å². The molecule has 1 rings (SSSR count). The molecule has 1 saturated carbocycles. The highest BCUT2D eigenvalue weighted by molar-refractivity contribution is 4.86. The molecule has 3 N–H and O–H groups in total. The van der Waals surface area contributed by atoms with Crippen LogP contribution in [0.3, 0.4) is 0 Å². The van der Waals surface area contributed by atoms with Crippen molar-refractivity contribution >= 4 is 0 Å². The summed E-state index contributed by atoms with van der Waals surface area (Å²) in [5.41, 5.74) is 5.11. The van der Waals surface area contributed by atoms with Gasteiger partial charge in [-0.2, -0.15) is 0 Å². The van der Waals surface area contributed by atoms with E-state index in [1.807, 2.05) is 6.92 Å². The van der Waals surface area contributed by atoms with Crippen LogP contribution in [0.15, 0.2) is 0 Å². The first kappa shape index (κ1) is 11.0. The maximum Gasteiger partial charge on any atom is 0.0662 e. The van der Waals surface area contributed by atoms with E-state index in [0.717, 1.165) is 18.8 Å². The highest BCUT2D eigenvalue weighted by Crippen LogP contribution is 2.36. The van der Waals surface area contributed by atoms with Gasteiger partial charge in [-0.05, 0) is 38.1 Å². The third-order valence-corrected chi connectivity index (χ3v) is 3.58. The smallest absolute Gasteiger partial charge is 0.0662 e. The topological polar surface area (TPSA) is 46.2 Å². The van der Waals surface area contributed by atoms with Crippen molar-refractivity contribution in [2.24, 2.45) is 17.6 Å². The van der Waals surface area contributed by atoms with Crippen molar-refractivity contribution in [3.8, 4) is 0 Å². The van der Waals surface area contributed by atoms with Gasteiger partial charge in [-0.25, -0.2) is 0 Å². The lowest BCUT2D eigenvalue weighted by Gasteiger charge is -2.37. The van der Waals surface area contributed by atoms with Gasteiger partial charge in [-0.15, -0.1) is 0 Å². The lowest BCUT2D eigenvalue weighted by molar-refractivity contribution is -0.0302. The first-order valence-corrected chi connectivity index (χ1v) is 5.52. The molecule has 0 saturated heterocycles. The molecule has 1 fully saturated rings. The Labute approximate surface area is 81.5 Å². The summed E-state index contributed by atoms with van der Waals surface area (Å²) in [7, 11) is 0. The number of nitrogens with two attached hydrogens (primary N) is 1. The van der Waals surface area contributed by atoms with Crippen LogP contribution in [0.5, 0.6) is 0 Å². The minimum absolute atomic E-state index is 0.271. The summed E-state index contributed by atoms with van der Waals surface area (Å²) < 4.78 is 0. The Kier molecular flexibility index (Phi) is 3.74. The summed E-state index contributed by atoms with van der Waals surface area (Å²) >= 11 is 0. The van der Waals surface area contributed by atoms with Gasteiger partial charge in [-0.1, -0.05) is 26.2 Å². The Balaban J connectivity index is 2.41. The molecule has 2 unspecified atom stereocenters. The Morgan fingerprint density at radius 1 is 1.54 bits per heavy atom.